The van der Waals surface area contributed by atoms with Gasteiger partial charge in [0.25, 0.3) is 0 Å². The summed E-state index contributed by atoms with van der Waals surface area (Å²) in [5.41, 5.74) is 0.813. The molecule has 122 valence electrons. The van der Waals surface area contributed by atoms with E-state index in [1.165, 1.54) is 0 Å². The first-order valence-electron chi connectivity index (χ1n) is 7.55. The lowest BCUT2D eigenvalue weighted by Crippen LogP contribution is -2.37. The summed E-state index contributed by atoms with van der Waals surface area (Å²) >= 11 is 0. The first kappa shape index (κ1) is 16.6. The molecule has 2 amide bonds. The summed E-state index contributed by atoms with van der Waals surface area (Å²) in [5.74, 6) is 1.55. The van der Waals surface area contributed by atoms with Gasteiger partial charge >= 0.3 is 6.03 Å². The number of amides is 2. The number of carbonyl (C=O) groups excluding carboxylic acids is 1. The largest absolute Gasteiger partial charge is 0.494 e. The molecule has 0 atom stereocenters. The van der Waals surface area contributed by atoms with Gasteiger partial charge in [-0.1, -0.05) is 6.07 Å². The molecule has 1 aromatic heterocycles. The predicted octanol–water partition coefficient (Wildman–Crippen LogP) is 2.36. The highest BCUT2D eigenvalue weighted by molar-refractivity contribution is 5.73. The van der Waals surface area contributed by atoms with Crippen molar-refractivity contribution >= 4 is 6.03 Å². The zero-order chi connectivity index (χ0) is 16.3. The van der Waals surface area contributed by atoms with Crippen LogP contribution in [0, 0.1) is 0 Å². The van der Waals surface area contributed by atoms with E-state index in [-0.39, 0.29) is 6.03 Å². The maximum Gasteiger partial charge on any atom is 0.315 e. The van der Waals surface area contributed by atoms with Crippen molar-refractivity contribution in [2.75, 3.05) is 19.8 Å². The highest BCUT2D eigenvalue weighted by Gasteiger charge is 2.01. The minimum Gasteiger partial charge on any atom is -0.494 e. The minimum atomic E-state index is -0.244. The van der Waals surface area contributed by atoms with Gasteiger partial charge in [-0.05, 0) is 43.3 Å². The molecule has 0 saturated heterocycles. The molecular formula is C17H21N3O3. The highest BCUT2D eigenvalue weighted by Crippen LogP contribution is 2.17. The molecule has 0 aliphatic carbocycles. The molecular weight excluding hydrogens is 294 g/mol. The number of hydrogen-bond acceptors (Lipinski definition) is 4. The van der Waals surface area contributed by atoms with Gasteiger partial charge in [0, 0.05) is 6.20 Å². The molecule has 0 radical (unpaired) electrons. The molecule has 0 fully saturated rings. The zero-order valence-electron chi connectivity index (χ0n) is 13.1. The molecule has 1 heterocycles. The molecule has 2 aromatic rings. The SMILES string of the molecule is CCOc1ccc(OCCNC(=O)NCc2ccccn2)cc1. The topological polar surface area (TPSA) is 72.5 Å². The second-order valence-electron chi connectivity index (χ2n) is 4.68. The fourth-order valence-electron chi connectivity index (χ4n) is 1.87. The van der Waals surface area contributed by atoms with Gasteiger partial charge in [-0.2, -0.15) is 0 Å². The normalized spacial score (nSPS) is 9.96. The van der Waals surface area contributed by atoms with Gasteiger partial charge in [-0.25, -0.2) is 4.79 Å². The number of carbonyl (C=O) groups is 1. The highest BCUT2D eigenvalue weighted by atomic mass is 16.5. The summed E-state index contributed by atoms with van der Waals surface area (Å²) in [6.45, 7) is 3.78. The Bertz CT molecular complexity index is 588. The fourth-order valence-corrected chi connectivity index (χ4v) is 1.87. The van der Waals surface area contributed by atoms with Crippen LogP contribution in [0.2, 0.25) is 0 Å². The van der Waals surface area contributed by atoms with Crippen LogP contribution in [0.5, 0.6) is 11.5 Å². The first-order chi connectivity index (χ1) is 11.3. The van der Waals surface area contributed by atoms with E-state index in [1.54, 1.807) is 6.20 Å². The van der Waals surface area contributed by atoms with Gasteiger partial charge in [0.1, 0.15) is 18.1 Å². The van der Waals surface area contributed by atoms with Crippen molar-refractivity contribution in [3.8, 4) is 11.5 Å². The molecule has 6 heteroatoms. The third kappa shape index (κ3) is 6.25. The third-order valence-corrected chi connectivity index (χ3v) is 2.95. The van der Waals surface area contributed by atoms with Crippen LogP contribution >= 0.6 is 0 Å². The second kappa shape index (κ2) is 9.30. The van der Waals surface area contributed by atoms with E-state index < -0.39 is 0 Å². The van der Waals surface area contributed by atoms with Crippen LogP contribution in [0.15, 0.2) is 48.7 Å². The number of ether oxygens (including phenoxy) is 2. The monoisotopic (exact) mass is 315 g/mol. The van der Waals surface area contributed by atoms with Gasteiger partial charge < -0.3 is 20.1 Å². The minimum absolute atomic E-state index is 0.244. The van der Waals surface area contributed by atoms with Crippen molar-refractivity contribution in [3.05, 3.63) is 54.4 Å². The Morgan fingerprint density at radius 3 is 2.43 bits per heavy atom. The number of pyridine rings is 1. The van der Waals surface area contributed by atoms with Gasteiger partial charge in [0.05, 0.1) is 25.4 Å². The van der Waals surface area contributed by atoms with Crippen molar-refractivity contribution < 1.29 is 14.3 Å². The van der Waals surface area contributed by atoms with Crippen LogP contribution in [0.3, 0.4) is 0 Å². The number of nitrogens with zero attached hydrogens (tertiary/aromatic N) is 1. The summed E-state index contributed by atoms with van der Waals surface area (Å²) in [6, 6.07) is 12.7. The van der Waals surface area contributed by atoms with Crippen molar-refractivity contribution in [3.63, 3.8) is 0 Å². The van der Waals surface area contributed by atoms with Gasteiger partial charge in [-0.15, -0.1) is 0 Å². The smallest absolute Gasteiger partial charge is 0.315 e. The lowest BCUT2D eigenvalue weighted by molar-refractivity contribution is 0.236. The molecule has 2 N–H and O–H groups in total. The lowest BCUT2D eigenvalue weighted by atomic mass is 10.3. The lowest BCUT2D eigenvalue weighted by Gasteiger charge is -2.09. The van der Waals surface area contributed by atoms with Crippen LogP contribution in [0.25, 0.3) is 0 Å². The predicted molar refractivity (Wildman–Crippen MR) is 87.6 cm³/mol. The Hall–Kier alpha value is -2.76. The molecule has 0 spiro atoms. The molecule has 0 unspecified atom stereocenters. The van der Waals surface area contributed by atoms with E-state index in [4.69, 9.17) is 9.47 Å². The van der Waals surface area contributed by atoms with Crippen molar-refractivity contribution in [2.45, 2.75) is 13.5 Å². The summed E-state index contributed by atoms with van der Waals surface area (Å²) in [6.07, 6.45) is 1.69. The van der Waals surface area contributed by atoms with Gasteiger partial charge in [0.15, 0.2) is 0 Å². The van der Waals surface area contributed by atoms with Crippen LogP contribution in [-0.4, -0.2) is 30.8 Å². The Balaban J connectivity index is 1.60. The summed E-state index contributed by atoms with van der Waals surface area (Å²) in [5, 5.41) is 5.46. The van der Waals surface area contributed by atoms with Crippen molar-refractivity contribution in [2.24, 2.45) is 0 Å². The maximum absolute atomic E-state index is 11.6. The van der Waals surface area contributed by atoms with E-state index in [9.17, 15) is 4.79 Å². The number of benzene rings is 1. The Kier molecular flexibility index (Phi) is 6.71. The zero-order valence-corrected chi connectivity index (χ0v) is 13.1. The quantitative estimate of drug-likeness (QED) is 0.734. The number of rotatable bonds is 8. The Labute approximate surface area is 135 Å². The number of urea groups is 1. The molecule has 6 nitrogen and oxygen atoms in total. The maximum atomic E-state index is 11.6. The average Bonchev–Trinajstić information content (AvgIpc) is 2.59. The van der Waals surface area contributed by atoms with E-state index in [1.807, 2.05) is 49.4 Å². The van der Waals surface area contributed by atoms with Crippen molar-refractivity contribution in [1.29, 1.82) is 0 Å². The summed E-state index contributed by atoms with van der Waals surface area (Å²) in [4.78, 5) is 15.8. The molecule has 2 rings (SSSR count). The molecule has 0 aliphatic heterocycles. The number of hydrogen-bond donors (Lipinski definition) is 2. The Morgan fingerprint density at radius 1 is 1.04 bits per heavy atom. The molecule has 1 aromatic carbocycles. The van der Waals surface area contributed by atoms with Crippen LogP contribution in [0.4, 0.5) is 4.79 Å². The van der Waals surface area contributed by atoms with Crippen molar-refractivity contribution in [1.82, 2.24) is 15.6 Å². The van der Waals surface area contributed by atoms with E-state index >= 15 is 0 Å². The Morgan fingerprint density at radius 2 is 1.78 bits per heavy atom. The van der Waals surface area contributed by atoms with Crippen LogP contribution < -0.4 is 20.1 Å². The third-order valence-electron chi connectivity index (χ3n) is 2.95. The fraction of sp³-hybridized carbons (Fsp3) is 0.294. The van der Waals surface area contributed by atoms with Crippen LogP contribution in [0.1, 0.15) is 12.6 Å². The average molecular weight is 315 g/mol. The standard InChI is InChI=1S/C17H21N3O3/c1-2-22-15-6-8-16(9-7-15)23-12-11-19-17(21)20-13-14-5-3-4-10-18-14/h3-10H,2,11-13H2,1H3,(H2,19,20,21). The summed E-state index contributed by atoms with van der Waals surface area (Å²) in [7, 11) is 0. The summed E-state index contributed by atoms with van der Waals surface area (Å²) < 4.78 is 10.9. The number of aromatic nitrogens is 1. The number of nitrogens with one attached hydrogen (secondary N) is 2. The second-order valence-corrected chi connectivity index (χ2v) is 4.68. The first-order valence-corrected chi connectivity index (χ1v) is 7.55. The van der Waals surface area contributed by atoms with E-state index in [0.717, 1.165) is 17.2 Å². The molecule has 0 bridgehead atoms. The van der Waals surface area contributed by atoms with Gasteiger partial charge in [0.2, 0.25) is 0 Å². The van der Waals surface area contributed by atoms with E-state index in [2.05, 4.69) is 15.6 Å². The molecule has 23 heavy (non-hydrogen) atoms. The van der Waals surface area contributed by atoms with Gasteiger partial charge in [-0.3, -0.25) is 4.98 Å². The van der Waals surface area contributed by atoms with E-state index in [0.29, 0.717) is 26.3 Å². The molecule has 0 saturated carbocycles. The van der Waals surface area contributed by atoms with Crippen LogP contribution in [-0.2, 0) is 6.54 Å². The molecule has 0 aliphatic rings.